The monoisotopic (exact) mass is 296 g/mol. The number of ether oxygens (including phenoxy) is 1. The number of hydrogen-bond donors (Lipinski definition) is 1. The predicted molar refractivity (Wildman–Crippen MR) is 82.1 cm³/mol. The number of para-hydroxylation sites is 1. The smallest absolute Gasteiger partial charge is 0.308 e. The molecule has 0 aromatic heterocycles. The van der Waals surface area contributed by atoms with Crippen molar-refractivity contribution < 1.29 is 14.3 Å². The summed E-state index contributed by atoms with van der Waals surface area (Å²) in [5.41, 5.74) is 5.33. The maximum Gasteiger partial charge on any atom is 0.308 e. The third-order valence-corrected chi connectivity index (χ3v) is 3.69. The van der Waals surface area contributed by atoms with Gasteiger partial charge in [-0.15, -0.1) is 0 Å². The number of nitrogens with zero attached hydrogens (tertiary/aromatic N) is 1. The lowest BCUT2D eigenvalue weighted by atomic mass is 10.0. The number of rotatable bonds is 4. The van der Waals surface area contributed by atoms with Crippen molar-refractivity contribution in [2.24, 2.45) is 0 Å². The zero-order chi connectivity index (χ0) is 15.5. The van der Waals surface area contributed by atoms with Gasteiger partial charge in [-0.1, -0.05) is 36.4 Å². The Hall–Kier alpha value is -2.82. The fourth-order valence-electron chi connectivity index (χ4n) is 2.62. The second kappa shape index (κ2) is 5.89. The van der Waals surface area contributed by atoms with Crippen LogP contribution in [0.4, 0.5) is 5.69 Å². The molecule has 0 saturated heterocycles. The largest absolute Gasteiger partial charge is 0.469 e. The van der Waals surface area contributed by atoms with Gasteiger partial charge in [0.05, 0.1) is 25.3 Å². The van der Waals surface area contributed by atoms with Crippen molar-refractivity contribution >= 4 is 17.6 Å². The van der Waals surface area contributed by atoms with Gasteiger partial charge in [0.15, 0.2) is 0 Å². The molecule has 0 bridgehead atoms. The van der Waals surface area contributed by atoms with Crippen LogP contribution < -0.4 is 5.43 Å². The van der Waals surface area contributed by atoms with E-state index >= 15 is 0 Å². The van der Waals surface area contributed by atoms with E-state index in [1.807, 2.05) is 48.5 Å². The van der Waals surface area contributed by atoms with Crippen molar-refractivity contribution in [3.05, 3.63) is 65.7 Å². The molecule has 2 aromatic carbocycles. The van der Waals surface area contributed by atoms with Gasteiger partial charge in [0.2, 0.25) is 0 Å². The van der Waals surface area contributed by atoms with Crippen molar-refractivity contribution in [3.8, 4) is 0 Å². The third kappa shape index (κ3) is 2.53. The lowest BCUT2D eigenvalue weighted by Gasteiger charge is -2.26. The van der Waals surface area contributed by atoms with Gasteiger partial charge in [-0.05, 0) is 23.8 Å². The average Bonchev–Trinajstić information content (AvgIpc) is 2.82. The molecule has 1 amide bonds. The highest BCUT2D eigenvalue weighted by atomic mass is 16.5. The quantitative estimate of drug-likeness (QED) is 0.881. The van der Waals surface area contributed by atoms with Crippen molar-refractivity contribution in [1.82, 2.24) is 5.01 Å². The molecule has 0 radical (unpaired) electrons. The van der Waals surface area contributed by atoms with Crippen LogP contribution in [-0.2, 0) is 9.53 Å². The van der Waals surface area contributed by atoms with Crippen LogP contribution in [0.15, 0.2) is 54.6 Å². The van der Waals surface area contributed by atoms with Crippen LogP contribution in [-0.4, -0.2) is 24.0 Å². The van der Waals surface area contributed by atoms with Crippen LogP contribution >= 0.6 is 0 Å². The van der Waals surface area contributed by atoms with Gasteiger partial charge in [-0.3, -0.25) is 15.0 Å². The second-order valence-electron chi connectivity index (χ2n) is 5.04. The van der Waals surface area contributed by atoms with Gasteiger partial charge >= 0.3 is 5.97 Å². The number of amides is 1. The molecule has 22 heavy (non-hydrogen) atoms. The first-order valence-corrected chi connectivity index (χ1v) is 7.01. The predicted octanol–water partition coefficient (Wildman–Crippen LogP) is 2.77. The molecule has 1 atom stereocenters. The number of hydrazine groups is 1. The summed E-state index contributed by atoms with van der Waals surface area (Å²) in [5, 5.41) is 1.50. The summed E-state index contributed by atoms with van der Waals surface area (Å²) in [5.74, 6) is -0.497. The molecule has 3 rings (SSSR count). The number of methoxy groups -OCH3 is 1. The molecule has 0 saturated carbocycles. The number of carbonyl (C=O) groups is 2. The van der Waals surface area contributed by atoms with Crippen LogP contribution in [0.2, 0.25) is 0 Å². The Kier molecular flexibility index (Phi) is 3.78. The van der Waals surface area contributed by atoms with E-state index in [9.17, 15) is 9.59 Å². The van der Waals surface area contributed by atoms with E-state index in [4.69, 9.17) is 4.74 Å². The lowest BCUT2D eigenvalue weighted by molar-refractivity contribution is -0.141. The molecule has 0 spiro atoms. The highest BCUT2D eigenvalue weighted by Gasteiger charge is 2.38. The van der Waals surface area contributed by atoms with Crippen molar-refractivity contribution in [1.29, 1.82) is 0 Å². The molecule has 5 nitrogen and oxygen atoms in total. The third-order valence-electron chi connectivity index (χ3n) is 3.69. The van der Waals surface area contributed by atoms with Crippen LogP contribution in [0.25, 0.3) is 0 Å². The standard InChI is InChI=1S/C17H16N2O3/c1-22-16(20)11-15-13-9-5-6-10-14(13)17(21)19(15)18-12-7-3-2-4-8-12/h2-10,15,18H,11H2,1H3. The summed E-state index contributed by atoms with van der Waals surface area (Å²) in [6.07, 6.45) is 0.110. The molecule has 1 heterocycles. The summed E-state index contributed by atoms with van der Waals surface area (Å²) in [7, 11) is 1.35. The first kappa shape index (κ1) is 14.1. The fraction of sp³-hybridized carbons (Fsp3) is 0.176. The average molecular weight is 296 g/mol. The van der Waals surface area contributed by atoms with Crippen molar-refractivity contribution in [2.45, 2.75) is 12.5 Å². The Balaban J connectivity index is 1.93. The Morgan fingerprint density at radius 3 is 2.55 bits per heavy atom. The highest BCUT2D eigenvalue weighted by molar-refractivity contribution is 6.00. The Morgan fingerprint density at radius 2 is 1.82 bits per heavy atom. The Morgan fingerprint density at radius 1 is 1.14 bits per heavy atom. The number of fused-ring (bicyclic) bond motifs is 1. The minimum atomic E-state index is -0.378. The topological polar surface area (TPSA) is 58.6 Å². The first-order valence-electron chi connectivity index (χ1n) is 7.01. The molecular formula is C17H16N2O3. The molecule has 1 aliphatic heterocycles. The number of carbonyl (C=O) groups excluding carboxylic acids is 2. The highest BCUT2D eigenvalue weighted by Crippen LogP contribution is 2.36. The number of esters is 1. The SMILES string of the molecule is COC(=O)CC1c2ccccc2C(=O)N1Nc1ccccc1. The second-order valence-corrected chi connectivity index (χ2v) is 5.04. The zero-order valence-corrected chi connectivity index (χ0v) is 12.2. The first-order chi connectivity index (χ1) is 10.7. The summed E-state index contributed by atoms with van der Waals surface area (Å²) in [6, 6.07) is 16.3. The Bertz CT molecular complexity index is 700. The van der Waals surface area contributed by atoms with E-state index in [0.717, 1.165) is 11.3 Å². The molecule has 5 heteroatoms. The maximum absolute atomic E-state index is 12.6. The molecule has 0 aliphatic carbocycles. The van der Waals surface area contributed by atoms with Gasteiger partial charge in [0.1, 0.15) is 0 Å². The molecule has 1 N–H and O–H groups in total. The van der Waals surface area contributed by atoms with Gasteiger partial charge in [-0.25, -0.2) is 5.01 Å². The van der Waals surface area contributed by atoms with Gasteiger partial charge in [0.25, 0.3) is 5.91 Å². The molecule has 1 aliphatic rings. The zero-order valence-electron chi connectivity index (χ0n) is 12.2. The number of anilines is 1. The normalized spacial score (nSPS) is 16.3. The minimum Gasteiger partial charge on any atom is -0.469 e. The summed E-state index contributed by atoms with van der Waals surface area (Å²) >= 11 is 0. The van der Waals surface area contributed by atoms with Gasteiger partial charge < -0.3 is 4.74 Å². The maximum atomic E-state index is 12.6. The van der Waals surface area contributed by atoms with Crippen LogP contribution in [0.5, 0.6) is 0 Å². The number of nitrogens with one attached hydrogen (secondary N) is 1. The Labute approximate surface area is 128 Å². The summed E-state index contributed by atoms with van der Waals surface area (Å²) in [6.45, 7) is 0. The van der Waals surface area contributed by atoms with Crippen LogP contribution in [0, 0.1) is 0 Å². The molecule has 2 aromatic rings. The van der Waals surface area contributed by atoms with E-state index < -0.39 is 0 Å². The fourth-order valence-corrected chi connectivity index (χ4v) is 2.62. The molecule has 0 fully saturated rings. The van der Waals surface area contributed by atoms with E-state index in [-0.39, 0.29) is 24.3 Å². The number of benzene rings is 2. The van der Waals surface area contributed by atoms with Crippen molar-refractivity contribution in [2.75, 3.05) is 12.5 Å². The van der Waals surface area contributed by atoms with E-state index in [0.29, 0.717) is 5.56 Å². The summed E-state index contributed by atoms with van der Waals surface area (Å²) in [4.78, 5) is 24.3. The minimum absolute atomic E-state index is 0.110. The number of hydrogen-bond acceptors (Lipinski definition) is 4. The van der Waals surface area contributed by atoms with Crippen LogP contribution in [0.3, 0.4) is 0 Å². The summed E-state index contributed by atoms with van der Waals surface area (Å²) < 4.78 is 4.76. The van der Waals surface area contributed by atoms with Gasteiger partial charge in [0, 0.05) is 5.56 Å². The molecule has 1 unspecified atom stereocenters. The lowest BCUT2D eigenvalue weighted by Crippen LogP contribution is -2.34. The van der Waals surface area contributed by atoms with Crippen molar-refractivity contribution in [3.63, 3.8) is 0 Å². The van der Waals surface area contributed by atoms with Gasteiger partial charge in [-0.2, -0.15) is 0 Å². The molecular weight excluding hydrogens is 280 g/mol. The molecule has 112 valence electrons. The van der Waals surface area contributed by atoms with E-state index in [1.54, 1.807) is 6.07 Å². The van der Waals surface area contributed by atoms with Crippen LogP contribution in [0.1, 0.15) is 28.4 Å². The van der Waals surface area contributed by atoms with E-state index in [2.05, 4.69) is 5.43 Å². The van der Waals surface area contributed by atoms with E-state index in [1.165, 1.54) is 12.1 Å².